The molecule has 0 bridgehead atoms. The number of H-pyrrole nitrogens is 1. The number of nitrogens with zero attached hydrogens (tertiary/aromatic N) is 3. The summed E-state index contributed by atoms with van der Waals surface area (Å²) in [7, 11) is 1.34. The fourth-order valence-electron chi connectivity index (χ4n) is 3.26. The van der Waals surface area contributed by atoms with E-state index < -0.39 is 22.1 Å². The molecule has 0 saturated carbocycles. The van der Waals surface area contributed by atoms with Crippen molar-refractivity contribution in [1.82, 2.24) is 9.55 Å². The van der Waals surface area contributed by atoms with Crippen LogP contribution < -0.4 is 11.2 Å². The molecule has 2 heterocycles. The van der Waals surface area contributed by atoms with Crippen molar-refractivity contribution in [3.8, 4) is 5.88 Å². The molecule has 3 aromatic rings. The molecule has 0 amide bonds. The van der Waals surface area contributed by atoms with Gasteiger partial charge in [0.2, 0.25) is 5.88 Å². The number of para-hydroxylation sites is 1. The fourth-order valence-corrected chi connectivity index (χ4v) is 4.48. The minimum Gasteiger partial charge on any atom is -0.494 e. The molecule has 0 radical (unpaired) electrons. The van der Waals surface area contributed by atoms with Crippen molar-refractivity contribution in [2.45, 2.75) is 16.6 Å². The Hall–Kier alpha value is -3.66. The Bertz CT molecular complexity index is 1310. The van der Waals surface area contributed by atoms with Gasteiger partial charge in [-0.15, -0.1) is 11.8 Å². The van der Waals surface area contributed by atoms with Crippen LogP contribution >= 0.6 is 11.8 Å². The van der Waals surface area contributed by atoms with Crippen molar-refractivity contribution in [2.24, 2.45) is 12.0 Å². The lowest BCUT2D eigenvalue weighted by molar-refractivity contribution is -0.384. The van der Waals surface area contributed by atoms with Gasteiger partial charge in [0.25, 0.3) is 11.2 Å². The zero-order chi connectivity index (χ0) is 21.4. The fraction of sp³-hybridized carbons (Fsp3) is 0.150. The number of aromatic amines is 1. The van der Waals surface area contributed by atoms with Gasteiger partial charge < -0.3 is 5.11 Å². The molecule has 9 nitrogen and oxygen atoms in total. The maximum atomic E-state index is 12.5. The van der Waals surface area contributed by atoms with Crippen molar-refractivity contribution < 1.29 is 10.0 Å². The van der Waals surface area contributed by atoms with Gasteiger partial charge in [-0.3, -0.25) is 29.5 Å². The summed E-state index contributed by atoms with van der Waals surface area (Å²) < 4.78 is 0.936. The van der Waals surface area contributed by atoms with Crippen LogP contribution in [0.4, 0.5) is 11.4 Å². The summed E-state index contributed by atoms with van der Waals surface area (Å²) >= 11 is 1.47. The molecule has 2 aromatic carbocycles. The Labute approximate surface area is 173 Å². The van der Waals surface area contributed by atoms with Gasteiger partial charge in [-0.05, 0) is 17.7 Å². The summed E-state index contributed by atoms with van der Waals surface area (Å²) in [6.45, 7) is 0. The number of rotatable bonds is 3. The summed E-state index contributed by atoms with van der Waals surface area (Å²) in [4.78, 5) is 42.7. The number of nitro groups is 1. The Morgan fingerprint density at radius 3 is 2.77 bits per heavy atom. The molecule has 2 N–H and O–H groups in total. The number of nitrogens with one attached hydrogen (secondary N) is 1. The third-order valence-corrected chi connectivity index (χ3v) is 6.13. The standard InChI is InChI=1S/C20H16N4O5S/c1-23-19(26)17(18(25)22-20(23)27)14-10-16(11-5-4-6-12(9-11)24(28)29)30-15-8-3-2-7-13(15)21-14/h2-9,16,26H,10H2,1H3,(H,22,25,27)/t16-/m0/s1. The van der Waals surface area contributed by atoms with Crippen LogP contribution in [0.1, 0.15) is 22.8 Å². The first-order chi connectivity index (χ1) is 14.3. The van der Waals surface area contributed by atoms with Gasteiger partial charge in [-0.1, -0.05) is 24.3 Å². The second kappa shape index (κ2) is 7.64. The van der Waals surface area contributed by atoms with Gasteiger partial charge in [0, 0.05) is 35.7 Å². The maximum absolute atomic E-state index is 12.5. The van der Waals surface area contributed by atoms with E-state index in [4.69, 9.17) is 0 Å². The summed E-state index contributed by atoms with van der Waals surface area (Å²) in [6, 6.07) is 13.6. The highest BCUT2D eigenvalue weighted by atomic mass is 32.2. The molecule has 1 aliphatic rings. The van der Waals surface area contributed by atoms with Crippen molar-refractivity contribution >= 4 is 28.8 Å². The van der Waals surface area contributed by atoms with E-state index in [2.05, 4.69) is 9.98 Å². The van der Waals surface area contributed by atoms with E-state index in [0.717, 1.165) is 9.46 Å². The van der Waals surface area contributed by atoms with Gasteiger partial charge >= 0.3 is 5.69 Å². The van der Waals surface area contributed by atoms with Crippen LogP contribution in [0.5, 0.6) is 5.88 Å². The topological polar surface area (TPSA) is 131 Å². The monoisotopic (exact) mass is 424 g/mol. The minimum absolute atomic E-state index is 0.0353. The number of hydrogen-bond acceptors (Lipinski definition) is 7. The Balaban J connectivity index is 1.90. The first-order valence-corrected chi connectivity index (χ1v) is 9.83. The Morgan fingerprint density at radius 1 is 1.23 bits per heavy atom. The van der Waals surface area contributed by atoms with Gasteiger partial charge in [0.15, 0.2) is 0 Å². The van der Waals surface area contributed by atoms with E-state index in [0.29, 0.717) is 17.0 Å². The highest BCUT2D eigenvalue weighted by Crippen LogP contribution is 2.46. The second-order valence-corrected chi connectivity index (χ2v) is 7.95. The number of fused-ring (bicyclic) bond motifs is 1. The molecular weight excluding hydrogens is 408 g/mol. The summed E-state index contributed by atoms with van der Waals surface area (Å²) in [5.41, 5.74) is -0.00973. The summed E-state index contributed by atoms with van der Waals surface area (Å²) in [5, 5.41) is 21.4. The lowest BCUT2D eigenvalue weighted by Gasteiger charge is -2.16. The number of aromatic hydroxyl groups is 1. The quantitative estimate of drug-likeness (QED) is 0.491. The number of hydrogen-bond donors (Lipinski definition) is 2. The largest absolute Gasteiger partial charge is 0.494 e. The highest BCUT2D eigenvalue weighted by Gasteiger charge is 2.27. The highest BCUT2D eigenvalue weighted by molar-refractivity contribution is 7.99. The van der Waals surface area contributed by atoms with Crippen LogP contribution in [-0.4, -0.2) is 25.3 Å². The third kappa shape index (κ3) is 3.52. The van der Waals surface area contributed by atoms with Crippen LogP contribution in [0.2, 0.25) is 0 Å². The van der Waals surface area contributed by atoms with Crippen LogP contribution in [-0.2, 0) is 7.05 Å². The van der Waals surface area contributed by atoms with E-state index in [1.807, 2.05) is 12.1 Å². The van der Waals surface area contributed by atoms with Crippen molar-refractivity contribution in [3.63, 3.8) is 0 Å². The number of non-ortho nitro benzene ring substituents is 1. The predicted molar refractivity (Wildman–Crippen MR) is 113 cm³/mol. The maximum Gasteiger partial charge on any atom is 0.330 e. The SMILES string of the molecule is Cn1c(O)c(C2=Nc3ccccc3S[C@H](c3cccc([N+](=O)[O-])c3)C2)c(=O)[nH]c1=O. The van der Waals surface area contributed by atoms with E-state index >= 15 is 0 Å². The van der Waals surface area contributed by atoms with E-state index in [-0.39, 0.29) is 22.9 Å². The smallest absolute Gasteiger partial charge is 0.330 e. The number of thioether (sulfide) groups is 1. The number of nitro benzene ring substituents is 1. The van der Waals surface area contributed by atoms with Gasteiger partial charge in [0.05, 0.1) is 16.3 Å². The normalized spacial score (nSPS) is 15.8. The molecule has 0 unspecified atom stereocenters. The number of aliphatic imine (C=N–C) groups is 1. The zero-order valence-corrected chi connectivity index (χ0v) is 16.5. The Kier molecular flexibility index (Phi) is 5.00. The molecule has 1 aromatic heterocycles. The molecule has 10 heteroatoms. The summed E-state index contributed by atoms with van der Waals surface area (Å²) in [5.74, 6) is -0.482. The minimum atomic E-state index is -0.739. The Morgan fingerprint density at radius 2 is 2.00 bits per heavy atom. The molecule has 4 rings (SSSR count). The van der Waals surface area contributed by atoms with Crippen LogP contribution in [0, 0.1) is 10.1 Å². The molecule has 1 atom stereocenters. The van der Waals surface area contributed by atoms with Crippen LogP contribution in [0.25, 0.3) is 0 Å². The van der Waals surface area contributed by atoms with E-state index in [1.54, 1.807) is 24.3 Å². The predicted octanol–water partition coefficient (Wildman–Crippen LogP) is 3.05. The van der Waals surface area contributed by atoms with Crippen LogP contribution in [0.15, 0.2) is 68.0 Å². The lowest BCUT2D eigenvalue weighted by Crippen LogP contribution is -2.32. The van der Waals surface area contributed by atoms with Gasteiger partial charge in [-0.2, -0.15) is 0 Å². The third-order valence-electron chi connectivity index (χ3n) is 4.80. The average Bonchev–Trinajstić information content (AvgIpc) is 2.92. The number of aromatic nitrogens is 2. The molecule has 0 fully saturated rings. The molecule has 1 aliphatic heterocycles. The summed E-state index contributed by atoms with van der Waals surface area (Å²) in [6.07, 6.45) is 0.218. The van der Waals surface area contributed by atoms with E-state index in [1.165, 1.54) is 30.9 Å². The van der Waals surface area contributed by atoms with Gasteiger partial charge in [-0.25, -0.2) is 4.79 Å². The first-order valence-electron chi connectivity index (χ1n) is 8.95. The van der Waals surface area contributed by atoms with Crippen LogP contribution in [0.3, 0.4) is 0 Å². The molecule has 30 heavy (non-hydrogen) atoms. The molecular formula is C20H16N4O5S. The second-order valence-electron chi connectivity index (χ2n) is 6.71. The lowest BCUT2D eigenvalue weighted by atomic mass is 10.0. The van der Waals surface area contributed by atoms with Crippen molar-refractivity contribution in [3.05, 3.63) is 90.6 Å². The molecule has 0 aliphatic carbocycles. The average molecular weight is 424 g/mol. The molecule has 0 spiro atoms. The van der Waals surface area contributed by atoms with Crippen molar-refractivity contribution in [2.75, 3.05) is 0 Å². The first kappa shape index (κ1) is 19.6. The van der Waals surface area contributed by atoms with Gasteiger partial charge in [0.1, 0.15) is 5.56 Å². The molecule has 152 valence electrons. The number of benzene rings is 2. The zero-order valence-electron chi connectivity index (χ0n) is 15.7. The van der Waals surface area contributed by atoms with Crippen molar-refractivity contribution in [1.29, 1.82) is 0 Å². The van der Waals surface area contributed by atoms with E-state index in [9.17, 15) is 24.8 Å². The molecule has 0 saturated heterocycles.